The van der Waals surface area contributed by atoms with E-state index in [0.29, 0.717) is 19.1 Å². The van der Waals surface area contributed by atoms with Crippen LogP contribution in [0.2, 0.25) is 0 Å². The first kappa shape index (κ1) is 12.8. The number of carboxylic acids is 1. The number of carboxylic acid groups (broad SMARTS) is 1. The summed E-state index contributed by atoms with van der Waals surface area (Å²) in [7, 11) is 0. The third-order valence-corrected chi connectivity index (χ3v) is 2.56. The Morgan fingerprint density at radius 2 is 2.19 bits per heavy atom. The van der Waals surface area contributed by atoms with E-state index in [4.69, 9.17) is 9.84 Å². The normalized spacial score (nSPS) is 20.2. The van der Waals surface area contributed by atoms with Crippen LogP contribution in [0.25, 0.3) is 0 Å². The van der Waals surface area contributed by atoms with E-state index in [1.807, 2.05) is 13.8 Å². The molecule has 1 amide bonds. The van der Waals surface area contributed by atoms with Crippen molar-refractivity contribution in [2.75, 3.05) is 13.2 Å². The molecule has 16 heavy (non-hydrogen) atoms. The second-order valence-corrected chi connectivity index (χ2v) is 4.56. The molecule has 0 saturated carbocycles. The second kappa shape index (κ2) is 5.72. The van der Waals surface area contributed by atoms with Crippen molar-refractivity contribution in [2.45, 2.75) is 39.2 Å². The second-order valence-electron chi connectivity index (χ2n) is 4.56. The van der Waals surface area contributed by atoms with Gasteiger partial charge in [0.1, 0.15) is 0 Å². The summed E-state index contributed by atoms with van der Waals surface area (Å²) in [5.41, 5.74) is 0. The van der Waals surface area contributed by atoms with Gasteiger partial charge in [-0.05, 0) is 18.8 Å². The van der Waals surface area contributed by atoms with Crippen LogP contribution >= 0.6 is 0 Å². The van der Waals surface area contributed by atoms with Crippen LogP contribution in [0.4, 0.5) is 4.79 Å². The molecule has 1 heterocycles. The maximum atomic E-state index is 11.7. The first-order valence-electron chi connectivity index (χ1n) is 5.66. The predicted molar refractivity (Wildman–Crippen MR) is 58.2 cm³/mol. The summed E-state index contributed by atoms with van der Waals surface area (Å²) >= 11 is 0. The van der Waals surface area contributed by atoms with E-state index < -0.39 is 5.97 Å². The zero-order chi connectivity index (χ0) is 12.1. The average Bonchev–Trinajstić information content (AvgIpc) is 2.61. The highest BCUT2D eigenvalue weighted by Crippen LogP contribution is 2.21. The van der Waals surface area contributed by atoms with Gasteiger partial charge in [-0.15, -0.1) is 0 Å². The fourth-order valence-corrected chi connectivity index (χ4v) is 1.81. The number of nitrogens with zero attached hydrogens (tertiary/aromatic N) is 1. The smallest absolute Gasteiger partial charge is 0.410 e. The number of ether oxygens (including phenoxy) is 1. The van der Waals surface area contributed by atoms with Crippen LogP contribution in [-0.4, -0.2) is 41.3 Å². The molecule has 0 aliphatic carbocycles. The zero-order valence-corrected chi connectivity index (χ0v) is 9.81. The van der Waals surface area contributed by atoms with Crippen molar-refractivity contribution in [3.05, 3.63) is 0 Å². The van der Waals surface area contributed by atoms with Crippen LogP contribution in [0.3, 0.4) is 0 Å². The number of hydrogen-bond acceptors (Lipinski definition) is 3. The maximum Gasteiger partial charge on any atom is 0.410 e. The molecule has 1 unspecified atom stereocenters. The summed E-state index contributed by atoms with van der Waals surface area (Å²) in [6.45, 7) is 4.92. The standard InChI is InChI=1S/C11H19NO4/c1-8(2)7-16-11(15)12-5-3-4-9(12)6-10(13)14/h8-9H,3-7H2,1-2H3,(H,13,14). The van der Waals surface area contributed by atoms with Crippen LogP contribution in [-0.2, 0) is 9.53 Å². The molecular formula is C11H19NO4. The monoisotopic (exact) mass is 229 g/mol. The van der Waals surface area contributed by atoms with Gasteiger partial charge in [-0.25, -0.2) is 4.79 Å². The molecule has 0 spiro atoms. The van der Waals surface area contributed by atoms with E-state index in [-0.39, 0.29) is 18.6 Å². The van der Waals surface area contributed by atoms with Crippen LogP contribution in [0, 0.1) is 5.92 Å². The van der Waals surface area contributed by atoms with E-state index in [0.717, 1.165) is 12.8 Å². The third kappa shape index (κ3) is 3.72. The molecule has 1 rings (SSSR count). The molecule has 1 aliphatic rings. The van der Waals surface area contributed by atoms with Gasteiger partial charge in [-0.1, -0.05) is 13.8 Å². The summed E-state index contributed by atoms with van der Waals surface area (Å²) in [5, 5.41) is 8.71. The lowest BCUT2D eigenvalue weighted by Crippen LogP contribution is -2.37. The molecule has 1 saturated heterocycles. The number of rotatable bonds is 4. The van der Waals surface area contributed by atoms with Gasteiger partial charge in [0, 0.05) is 12.6 Å². The topological polar surface area (TPSA) is 66.8 Å². The van der Waals surface area contributed by atoms with E-state index in [2.05, 4.69) is 0 Å². The Morgan fingerprint density at radius 1 is 1.50 bits per heavy atom. The van der Waals surface area contributed by atoms with Gasteiger partial charge in [0.05, 0.1) is 13.0 Å². The van der Waals surface area contributed by atoms with Crippen LogP contribution in [0.5, 0.6) is 0 Å². The van der Waals surface area contributed by atoms with Crippen molar-refractivity contribution >= 4 is 12.1 Å². The lowest BCUT2D eigenvalue weighted by atomic mass is 10.1. The Balaban J connectivity index is 2.44. The molecule has 1 fully saturated rings. The number of aliphatic carboxylic acids is 1. The van der Waals surface area contributed by atoms with Gasteiger partial charge in [-0.3, -0.25) is 4.79 Å². The SMILES string of the molecule is CC(C)COC(=O)N1CCCC1CC(=O)O. The number of carbonyl (C=O) groups is 2. The van der Waals surface area contributed by atoms with Crippen LogP contribution in [0.15, 0.2) is 0 Å². The van der Waals surface area contributed by atoms with Crippen molar-refractivity contribution in [3.63, 3.8) is 0 Å². The van der Waals surface area contributed by atoms with Crippen LogP contribution < -0.4 is 0 Å². The minimum atomic E-state index is -0.867. The molecule has 1 atom stereocenters. The molecule has 0 aromatic carbocycles. The third-order valence-electron chi connectivity index (χ3n) is 2.56. The molecular weight excluding hydrogens is 210 g/mol. The number of likely N-dealkylation sites (tertiary alicyclic amines) is 1. The van der Waals surface area contributed by atoms with Gasteiger partial charge < -0.3 is 14.7 Å². The lowest BCUT2D eigenvalue weighted by molar-refractivity contribution is -0.138. The Bertz CT molecular complexity index is 265. The van der Waals surface area contributed by atoms with E-state index in [1.54, 1.807) is 0 Å². The molecule has 1 N–H and O–H groups in total. The van der Waals surface area contributed by atoms with Crippen molar-refractivity contribution in [3.8, 4) is 0 Å². The Morgan fingerprint density at radius 3 is 2.75 bits per heavy atom. The van der Waals surface area contributed by atoms with Crippen molar-refractivity contribution < 1.29 is 19.4 Å². The Labute approximate surface area is 95.4 Å². The van der Waals surface area contributed by atoms with E-state index >= 15 is 0 Å². The summed E-state index contributed by atoms with van der Waals surface area (Å²) in [6, 6.07) is -0.197. The zero-order valence-electron chi connectivity index (χ0n) is 9.81. The predicted octanol–water partition coefficient (Wildman–Crippen LogP) is 1.72. The largest absolute Gasteiger partial charge is 0.481 e. The molecule has 0 aromatic rings. The van der Waals surface area contributed by atoms with Gasteiger partial charge >= 0.3 is 12.1 Å². The minimum Gasteiger partial charge on any atom is -0.481 e. The number of carbonyl (C=O) groups excluding carboxylic acids is 1. The van der Waals surface area contributed by atoms with Crippen molar-refractivity contribution in [1.82, 2.24) is 4.90 Å². The first-order valence-corrected chi connectivity index (χ1v) is 5.66. The molecule has 0 bridgehead atoms. The number of amides is 1. The van der Waals surface area contributed by atoms with Crippen molar-refractivity contribution in [2.24, 2.45) is 5.92 Å². The fourth-order valence-electron chi connectivity index (χ4n) is 1.81. The quantitative estimate of drug-likeness (QED) is 0.797. The number of hydrogen-bond donors (Lipinski definition) is 1. The van der Waals surface area contributed by atoms with Gasteiger partial charge in [0.25, 0.3) is 0 Å². The maximum absolute atomic E-state index is 11.7. The van der Waals surface area contributed by atoms with Crippen molar-refractivity contribution in [1.29, 1.82) is 0 Å². The average molecular weight is 229 g/mol. The highest BCUT2D eigenvalue weighted by molar-refractivity contribution is 5.72. The summed E-state index contributed by atoms with van der Waals surface area (Å²) < 4.78 is 5.09. The molecule has 0 aromatic heterocycles. The van der Waals surface area contributed by atoms with E-state index in [1.165, 1.54) is 4.90 Å². The minimum absolute atomic E-state index is 0.0107. The molecule has 92 valence electrons. The fraction of sp³-hybridized carbons (Fsp3) is 0.818. The summed E-state index contributed by atoms with van der Waals surface area (Å²) in [4.78, 5) is 23.8. The first-order chi connectivity index (χ1) is 7.50. The highest BCUT2D eigenvalue weighted by atomic mass is 16.6. The van der Waals surface area contributed by atoms with Gasteiger partial charge in [0.2, 0.25) is 0 Å². The molecule has 1 aliphatic heterocycles. The Hall–Kier alpha value is -1.26. The Kier molecular flexibility index (Phi) is 4.58. The highest BCUT2D eigenvalue weighted by Gasteiger charge is 2.31. The van der Waals surface area contributed by atoms with E-state index in [9.17, 15) is 9.59 Å². The molecule has 5 nitrogen and oxygen atoms in total. The summed E-state index contributed by atoms with van der Waals surface area (Å²) in [6.07, 6.45) is 1.24. The molecule has 0 radical (unpaired) electrons. The van der Waals surface area contributed by atoms with Crippen LogP contribution in [0.1, 0.15) is 33.1 Å². The van der Waals surface area contributed by atoms with Gasteiger partial charge in [-0.2, -0.15) is 0 Å². The lowest BCUT2D eigenvalue weighted by Gasteiger charge is -2.23. The molecule has 5 heteroatoms. The summed E-state index contributed by atoms with van der Waals surface area (Å²) in [5.74, 6) is -0.571. The van der Waals surface area contributed by atoms with Gasteiger partial charge in [0.15, 0.2) is 0 Å².